The molecule has 0 aliphatic carbocycles. The van der Waals surface area contributed by atoms with Crippen molar-refractivity contribution in [3.8, 4) is 5.75 Å². The normalized spacial score (nSPS) is 10.8. The quantitative estimate of drug-likeness (QED) is 0.331. The number of anilines is 1. The summed E-state index contributed by atoms with van der Waals surface area (Å²) in [6.45, 7) is 0.584. The minimum atomic E-state index is -0.461. The Bertz CT molecular complexity index is 1210. The Labute approximate surface area is 196 Å². The summed E-state index contributed by atoms with van der Waals surface area (Å²) in [7, 11) is 0. The summed E-state index contributed by atoms with van der Waals surface area (Å²) in [5.74, 6) is 1.04. The van der Waals surface area contributed by atoms with Gasteiger partial charge in [0.15, 0.2) is 5.76 Å². The Balaban J connectivity index is 1.34. The molecule has 0 saturated heterocycles. The first kappa shape index (κ1) is 21.4. The number of carbonyl (C=O) groups is 1. The Hall–Kier alpha value is -2.81. The number of carbonyl (C=O) groups excluding carboxylic acids is 1. The number of nitrogens with one attached hydrogen (secondary N) is 1. The van der Waals surface area contributed by atoms with Gasteiger partial charge in [0, 0.05) is 14.5 Å². The van der Waals surface area contributed by atoms with Gasteiger partial charge in [-0.2, -0.15) is 0 Å². The Morgan fingerprint density at radius 2 is 1.94 bits per heavy atom. The summed E-state index contributed by atoms with van der Waals surface area (Å²) in [6.07, 6.45) is 1.50. The lowest BCUT2D eigenvalue weighted by atomic mass is 10.2. The van der Waals surface area contributed by atoms with Crippen LogP contribution in [0.25, 0.3) is 0 Å². The molecule has 1 amide bonds. The van der Waals surface area contributed by atoms with E-state index in [0.29, 0.717) is 28.1 Å². The molecule has 4 rings (SSSR count). The third-order valence-electron chi connectivity index (χ3n) is 4.19. The van der Waals surface area contributed by atoms with E-state index in [2.05, 4.69) is 31.3 Å². The van der Waals surface area contributed by atoms with Crippen molar-refractivity contribution in [3.05, 3.63) is 92.5 Å². The zero-order chi connectivity index (χ0) is 21.8. The van der Waals surface area contributed by atoms with Gasteiger partial charge in [-0.25, -0.2) is 9.67 Å². The molecule has 0 fully saturated rings. The molecular weight excluding hydrogens is 507 g/mol. The number of furan rings is 1. The number of hydrogen-bond donors (Lipinski definition) is 1. The van der Waals surface area contributed by atoms with E-state index in [-0.39, 0.29) is 18.3 Å². The number of ether oxygens (including phenoxy) is 1. The fourth-order valence-corrected chi connectivity index (χ4v) is 3.41. The first-order chi connectivity index (χ1) is 15.0. The molecule has 4 aromatic rings. The molecule has 2 aromatic carbocycles. The standard InChI is InChI=1S/C21H15BrCl2N4O3/c22-14-2-5-16(6-3-14)30-11-17-7-8-19(31-17)20(29)26-21-25-12-28(27-21)10-13-1-4-15(23)9-18(13)24/h1-9,12H,10-11H2,(H,26,27,29). The van der Waals surface area contributed by atoms with Crippen molar-refractivity contribution in [1.82, 2.24) is 14.8 Å². The van der Waals surface area contributed by atoms with Crippen molar-refractivity contribution in [3.63, 3.8) is 0 Å². The van der Waals surface area contributed by atoms with Crippen LogP contribution < -0.4 is 10.1 Å². The topological polar surface area (TPSA) is 82.2 Å². The minimum absolute atomic E-state index is 0.131. The van der Waals surface area contributed by atoms with Crippen LogP contribution in [-0.4, -0.2) is 20.7 Å². The van der Waals surface area contributed by atoms with E-state index < -0.39 is 5.91 Å². The second-order valence-electron chi connectivity index (χ2n) is 6.46. The summed E-state index contributed by atoms with van der Waals surface area (Å²) in [6, 6.07) is 15.9. The number of nitrogens with zero attached hydrogens (tertiary/aromatic N) is 3. The number of aromatic nitrogens is 3. The van der Waals surface area contributed by atoms with Crippen LogP contribution >= 0.6 is 39.1 Å². The summed E-state index contributed by atoms with van der Waals surface area (Å²) in [5, 5.41) is 7.93. The molecule has 10 heteroatoms. The highest BCUT2D eigenvalue weighted by molar-refractivity contribution is 9.10. The van der Waals surface area contributed by atoms with Crippen molar-refractivity contribution in [2.45, 2.75) is 13.2 Å². The lowest BCUT2D eigenvalue weighted by molar-refractivity contribution is 0.0991. The molecular formula is C21H15BrCl2N4O3. The van der Waals surface area contributed by atoms with E-state index >= 15 is 0 Å². The monoisotopic (exact) mass is 520 g/mol. The molecule has 31 heavy (non-hydrogen) atoms. The van der Waals surface area contributed by atoms with Crippen LogP contribution in [0, 0.1) is 0 Å². The highest BCUT2D eigenvalue weighted by Gasteiger charge is 2.14. The third-order valence-corrected chi connectivity index (χ3v) is 5.31. The minimum Gasteiger partial charge on any atom is -0.486 e. The molecule has 0 unspecified atom stereocenters. The fraction of sp³-hybridized carbons (Fsp3) is 0.0952. The van der Waals surface area contributed by atoms with Gasteiger partial charge in [-0.1, -0.05) is 45.2 Å². The van der Waals surface area contributed by atoms with Gasteiger partial charge < -0.3 is 9.15 Å². The molecule has 7 nitrogen and oxygen atoms in total. The van der Waals surface area contributed by atoms with E-state index in [9.17, 15) is 4.79 Å². The number of benzene rings is 2. The number of halogens is 3. The molecule has 0 atom stereocenters. The molecule has 0 spiro atoms. The first-order valence-corrected chi connectivity index (χ1v) is 10.6. The summed E-state index contributed by atoms with van der Waals surface area (Å²) >= 11 is 15.5. The van der Waals surface area contributed by atoms with Crippen molar-refractivity contribution in [1.29, 1.82) is 0 Å². The molecule has 0 aliphatic rings. The van der Waals surface area contributed by atoms with E-state index in [1.807, 2.05) is 30.3 Å². The van der Waals surface area contributed by atoms with Gasteiger partial charge in [0.05, 0.1) is 6.54 Å². The van der Waals surface area contributed by atoms with Crippen LogP contribution in [0.3, 0.4) is 0 Å². The predicted octanol–water partition coefficient (Wildman–Crippen LogP) is 5.82. The molecule has 2 aromatic heterocycles. The van der Waals surface area contributed by atoms with Crippen molar-refractivity contribution < 1.29 is 13.9 Å². The Kier molecular flexibility index (Phi) is 6.60. The summed E-state index contributed by atoms with van der Waals surface area (Å²) in [5.41, 5.74) is 0.829. The van der Waals surface area contributed by atoms with Crippen LogP contribution in [0.4, 0.5) is 5.95 Å². The van der Waals surface area contributed by atoms with Crippen molar-refractivity contribution in [2.24, 2.45) is 0 Å². The van der Waals surface area contributed by atoms with Gasteiger partial charge in [0.2, 0.25) is 5.95 Å². The number of amides is 1. The second kappa shape index (κ2) is 9.55. The van der Waals surface area contributed by atoms with Gasteiger partial charge in [0.1, 0.15) is 24.4 Å². The lowest BCUT2D eigenvalue weighted by Crippen LogP contribution is -2.12. The summed E-state index contributed by atoms with van der Waals surface area (Å²) in [4.78, 5) is 16.5. The largest absolute Gasteiger partial charge is 0.486 e. The predicted molar refractivity (Wildman–Crippen MR) is 121 cm³/mol. The van der Waals surface area contributed by atoms with Gasteiger partial charge >= 0.3 is 0 Å². The second-order valence-corrected chi connectivity index (χ2v) is 8.22. The molecule has 1 N–H and O–H groups in total. The van der Waals surface area contributed by atoms with Crippen LogP contribution in [0.5, 0.6) is 5.75 Å². The summed E-state index contributed by atoms with van der Waals surface area (Å²) < 4.78 is 13.7. The smallest absolute Gasteiger partial charge is 0.293 e. The highest BCUT2D eigenvalue weighted by Crippen LogP contribution is 2.22. The van der Waals surface area contributed by atoms with E-state index in [4.69, 9.17) is 32.4 Å². The molecule has 158 valence electrons. The average Bonchev–Trinajstić information content (AvgIpc) is 3.39. The SMILES string of the molecule is O=C(Nc1ncn(Cc2ccc(Cl)cc2Cl)n1)c1ccc(COc2ccc(Br)cc2)o1. The van der Waals surface area contributed by atoms with Crippen molar-refractivity contribution >= 4 is 51.0 Å². The van der Waals surface area contributed by atoms with E-state index in [0.717, 1.165) is 10.0 Å². The lowest BCUT2D eigenvalue weighted by Gasteiger charge is -2.04. The maximum Gasteiger partial charge on any atom is 0.293 e. The number of rotatable bonds is 7. The van der Waals surface area contributed by atoms with Crippen LogP contribution in [-0.2, 0) is 13.2 Å². The molecule has 0 saturated carbocycles. The molecule has 2 heterocycles. The number of hydrogen-bond acceptors (Lipinski definition) is 5. The zero-order valence-corrected chi connectivity index (χ0v) is 19.0. The fourth-order valence-electron chi connectivity index (χ4n) is 2.68. The zero-order valence-electron chi connectivity index (χ0n) is 15.9. The van der Waals surface area contributed by atoms with Crippen LogP contribution in [0.2, 0.25) is 10.0 Å². The van der Waals surface area contributed by atoms with Gasteiger partial charge in [-0.05, 0) is 54.1 Å². The average molecular weight is 522 g/mol. The Morgan fingerprint density at radius 1 is 1.13 bits per heavy atom. The van der Waals surface area contributed by atoms with Gasteiger partial charge in [-0.3, -0.25) is 10.1 Å². The maximum atomic E-state index is 12.4. The first-order valence-electron chi connectivity index (χ1n) is 9.08. The van der Waals surface area contributed by atoms with Crippen LogP contribution in [0.1, 0.15) is 21.9 Å². The van der Waals surface area contributed by atoms with E-state index in [1.165, 1.54) is 6.33 Å². The van der Waals surface area contributed by atoms with Crippen molar-refractivity contribution in [2.75, 3.05) is 5.32 Å². The highest BCUT2D eigenvalue weighted by atomic mass is 79.9. The van der Waals surface area contributed by atoms with Crippen LogP contribution in [0.15, 0.2) is 69.8 Å². The third kappa shape index (κ3) is 5.66. The van der Waals surface area contributed by atoms with E-state index in [1.54, 1.807) is 28.9 Å². The molecule has 0 bridgehead atoms. The molecule has 0 aliphatic heterocycles. The maximum absolute atomic E-state index is 12.4. The van der Waals surface area contributed by atoms with Gasteiger partial charge in [-0.15, -0.1) is 5.10 Å². The van der Waals surface area contributed by atoms with Gasteiger partial charge in [0.25, 0.3) is 5.91 Å². The molecule has 0 radical (unpaired) electrons. The Morgan fingerprint density at radius 3 is 2.71 bits per heavy atom.